The van der Waals surface area contributed by atoms with Gasteiger partial charge >= 0.3 is 0 Å². The van der Waals surface area contributed by atoms with Crippen LogP contribution >= 0.6 is 0 Å². The molecule has 1 atom stereocenters. The lowest BCUT2D eigenvalue weighted by Gasteiger charge is -2.17. The molecule has 1 unspecified atom stereocenters. The van der Waals surface area contributed by atoms with Gasteiger partial charge in [0, 0.05) is 48.9 Å². The predicted molar refractivity (Wildman–Crippen MR) is 123 cm³/mol. The molecule has 3 heterocycles. The number of anilines is 2. The molecule has 2 aliphatic rings. The Morgan fingerprint density at radius 1 is 1.06 bits per heavy atom. The number of hydrogen-bond acceptors (Lipinski definition) is 4. The van der Waals surface area contributed by atoms with E-state index in [4.69, 9.17) is 0 Å². The Balaban J connectivity index is 1.34. The van der Waals surface area contributed by atoms with Crippen LogP contribution in [0.4, 0.5) is 20.2 Å². The fraction of sp³-hybridized carbons (Fsp3) is 0.360. The number of halogens is 2. The van der Waals surface area contributed by atoms with Crippen molar-refractivity contribution >= 4 is 23.2 Å². The van der Waals surface area contributed by atoms with Gasteiger partial charge in [0.2, 0.25) is 11.8 Å². The van der Waals surface area contributed by atoms with Crippen LogP contribution in [-0.4, -0.2) is 33.1 Å². The van der Waals surface area contributed by atoms with E-state index in [0.717, 1.165) is 73.2 Å². The largest absolute Gasteiger partial charge is 0.326 e. The maximum absolute atomic E-state index is 13.6. The van der Waals surface area contributed by atoms with Crippen molar-refractivity contribution in [2.75, 3.05) is 16.8 Å². The van der Waals surface area contributed by atoms with Crippen molar-refractivity contribution in [1.82, 2.24) is 14.8 Å². The number of nitrogens with zero attached hydrogens (tertiary/aromatic N) is 4. The van der Waals surface area contributed by atoms with Crippen LogP contribution in [0, 0.1) is 24.5 Å². The summed E-state index contributed by atoms with van der Waals surface area (Å²) < 4.78 is 29.4. The quantitative estimate of drug-likeness (QED) is 0.625. The fourth-order valence-corrected chi connectivity index (χ4v) is 4.66. The summed E-state index contributed by atoms with van der Waals surface area (Å²) in [6, 6.07) is 8.70. The Bertz CT molecular complexity index is 1250. The predicted octanol–water partition coefficient (Wildman–Crippen LogP) is 4.25. The number of aryl methyl sites for hydroxylation is 2. The molecular formula is C25H25F2N5O2. The molecule has 0 aliphatic carbocycles. The van der Waals surface area contributed by atoms with Gasteiger partial charge in [-0.1, -0.05) is 18.6 Å². The van der Waals surface area contributed by atoms with Crippen LogP contribution in [0.25, 0.3) is 11.4 Å². The number of nitrogens with one attached hydrogen (secondary N) is 1. The Hall–Kier alpha value is -3.62. The van der Waals surface area contributed by atoms with E-state index >= 15 is 0 Å². The zero-order valence-corrected chi connectivity index (χ0v) is 18.9. The molecule has 176 valence electrons. The molecule has 0 radical (unpaired) electrons. The average Bonchev–Trinajstić information content (AvgIpc) is 3.30. The molecule has 1 aromatic heterocycles. The van der Waals surface area contributed by atoms with E-state index in [9.17, 15) is 18.4 Å². The highest BCUT2D eigenvalue weighted by molar-refractivity contribution is 6.03. The van der Waals surface area contributed by atoms with Crippen LogP contribution in [0.1, 0.15) is 37.1 Å². The van der Waals surface area contributed by atoms with Crippen molar-refractivity contribution in [3.8, 4) is 11.4 Å². The SMILES string of the molecule is Cc1ccc(-c2nnc3n2CCCCC3)cc1NC(=O)C1CC(=O)N(c2cc(F)cc(F)c2)C1. The second-order valence-electron chi connectivity index (χ2n) is 8.95. The molecule has 0 spiro atoms. The lowest BCUT2D eigenvalue weighted by molar-refractivity contribution is -0.122. The number of aromatic nitrogens is 3. The molecule has 2 aromatic carbocycles. The summed E-state index contributed by atoms with van der Waals surface area (Å²) in [7, 11) is 0. The minimum absolute atomic E-state index is 0.0274. The van der Waals surface area contributed by atoms with Crippen LogP contribution < -0.4 is 10.2 Å². The Kier molecular flexibility index (Phi) is 5.85. The normalized spacial score (nSPS) is 18.0. The van der Waals surface area contributed by atoms with E-state index < -0.39 is 17.6 Å². The van der Waals surface area contributed by atoms with E-state index in [1.807, 2.05) is 25.1 Å². The first-order valence-corrected chi connectivity index (χ1v) is 11.5. The van der Waals surface area contributed by atoms with Crippen LogP contribution in [0.2, 0.25) is 0 Å². The Labute approximate surface area is 195 Å². The highest BCUT2D eigenvalue weighted by Crippen LogP contribution is 2.30. The molecule has 34 heavy (non-hydrogen) atoms. The zero-order valence-electron chi connectivity index (χ0n) is 18.9. The first kappa shape index (κ1) is 22.2. The lowest BCUT2D eigenvalue weighted by Crippen LogP contribution is -2.28. The van der Waals surface area contributed by atoms with Crippen LogP contribution in [0.15, 0.2) is 36.4 Å². The lowest BCUT2D eigenvalue weighted by atomic mass is 10.1. The number of fused-ring (bicyclic) bond motifs is 1. The van der Waals surface area contributed by atoms with Crippen molar-refractivity contribution in [3.63, 3.8) is 0 Å². The van der Waals surface area contributed by atoms with Crippen molar-refractivity contribution in [2.45, 2.75) is 45.6 Å². The minimum Gasteiger partial charge on any atom is -0.326 e. The fourth-order valence-electron chi connectivity index (χ4n) is 4.66. The monoisotopic (exact) mass is 465 g/mol. The Morgan fingerprint density at radius 2 is 1.85 bits per heavy atom. The summed E-state index contributed by atoms with van der Waals surface area (Å²) >= 11 is 0. The van der Waals surface area contributed by atoms with Gasteiger partial charge < -0.3 is 14.8 Å². The van der Waals surface area contributed by atoms with E-state index in [-0.39, 0.29) is 30.5 Å². The van der Waals surface area contributed by atoms with Gasteiger partial charge in [-0.05, 0) is 43.5 Å². The average molecular weight is 466 g/mol. The molecule has 2 amide bonds. The molecule has 7 nitrogen and oxygen atoms in total. The van der Waals surface area contributed by atoms with Crippen molar-refractivity contribution in [1.29, 1.82) is 0 Å². The van der Waals surface area contributed by atoms with Crippen LogP contribution in [-0.2, 0) is 22.6 Å². The second kappa shape index (κ2) is 8.96. The van der Waals surface area contributed by atoms with Crippen molar-refractivity contribution in [3.05, 3.63) is 59.4 Å². The minimum atomic E-state index is -0.769. The number of rotatable bonds is 4. The van der Waals surface area contributed by atoms with Gasteiger partial charge in [0.15, 0.2) is 5.82 Å². The third-order valence-corrected chi connectivity index (χ3v) is 6.52. The van der Waals surface area contributed by atoms with Gasteiger partial charge in [-0.15, -0.1) is 10.2 Å². The third-order valence-electron chi connectivity index (χ3n) is 6.52. The van der Waals surface area contributed by atoms with Crippen molar-refractivity contribution in [2.24, 2.45) is 5.92 Å². The molecular weight excluding hydrogens is 440 g/mol. The topological polar surface area (TPSA) is 80.1 Å². The summed E-state index contributed by atoms with van der Waals surface area (Å²) in [6.07, 6.45) is 4.23. The van der Waals surface area contributed by atoms with Gasteiger partial charge in [0.1, 0.15) is 17.5 Å². The molecule has 1 saturated heterocycles. The van der Waals surface area contributed by atoms with Crippen LogP contribution in [0.5, 0.6) is 0 Å². The van der Waals surface area contributed by atoms with Gasteiger partial charge in [-0.25, -0.2) is 8.78 Å². The zero-order chi connectivity index (χ0) is 23.8. The highest BCUT2D eigenvalue weighted by Gasteiger charge is 2.35. The van der Waals surface area contributed by atoms with Gasteiger partial charge in [0.05, 0.1) is 5.92 Å². The molecule has 1 N–H and O–H groups in total. The smallest absolute Gasteiger partial charge is 0.229 e. The van der Waals surface area contributed by atoms with E-state index in [1.165, 1.54) is 4.90 Å². The molecule has 1 fully saturated rings. The van der Waals surface area contributed by atoms with E-state index in [0.29, 0.717) is 5.69 Å². The summed E-state index contributed by atoms with van der Waals surface area (Å²) in [6.45, 7) is 2.82. The second-order valence-corrected chi connectivity index (χ2v) is 8.95. The number of carbonyl (C=O) groups excluding carboxylic acids is 2. The molecule has 3 aromatic rings. The molecule has 9 heteroatoms. The maximum atomic E-state index is 13.6. The first-order valence-electron chi connectivity index (χ1n) is 11.5. The van der Waals surface area contributed by atoms with Crippen LogP contribution in [0.3, 0.4) is 0 Å². The molecule has 2 aliphatic heterocycles. The van der Waals surface area contributed by atoms with Crippen molar-refractivity contribution < 1.29 is 18.4 Å². The summed E-state index contributed by atoms with van der Waals surface area (Å²) in [4.78, 5) is 26.8. The number of hydrogen-bond donors (Lipinski definition) is 1. The summed E-state index contributed by atoms with van der Waals surface area (Å²) in [5.41, 5.74) is 2.49. The number of benzene rings is 2. The van der Waals surface area contributed by atoms with Gasteiger partial charge in [-0.2, -0.15) is 0 Å². The van der Waals surface area contributed by atoms with Gasteiger partial charge in [0.25, 0.3) is 0 Å². The summed E-state index contributed by atoms with van der Waals surface area (Å²) in [5.74, 6) is -1.06. The maximum Gasteiger partial charge on any atom is 0.229 e. The van der Waals surface area contributed by atoms with E-state index in [2.05, 4.69) is 20.1 Å². The standard InChI is InChI=1S/C25H25F2N5O2/c1-15-6-7-16(24-30-29-22-5-3-2-4-8-31(22)24)9-21(15)28-25(34)17-10-23(33)32(14-17)20-12-18(26)11-19(27)13-20/h6-7,9,11-13,17H,2-5,8,10,14H2,1H3,(H,28,34). The first-order chi connectivity index (χ1) is 16.4. The van der Waals surface area contributed by atoms with E-state index in [1.54, 1.807) is 0 Å². The van der Waals surface area contributed by atoms with Gasteiger partial charge in [-0.3, -0.25) is 9.59 Å². The molecule has 0 bridgehead atoms. The molecule has 5 rings (SSSR count). The summed E-state index contributed by atoms with van der Waals surface area (Å²) in [5, 5.41) is 11.7. The highest BCUT2D eigenvalue weighted by atomic mass is 19.1. The third kappa shape index (κ3) is 4.30. The number of carbonyl (C=O) groups is 2. The molecule has 0 saturated carbocycles. The Morgan fingerprint density at radius 3 is 2.65 bits per heavy atom. The number of amides is 2.